The molecule has 6 nitrogen and oxygen atoms in total. The minimum Gasteiger partial charge on any atom is -0.497 e. The van der Waals surface area contributed by atoms with Crippen LogP contribution in [0.1, 0.15) is 10.4 Å². The van der Waals surface area contributed by atoms with Gasteiger partial charge in [0.15, 0.2) is 6.61 Å². The fourth-order valence-electron chi connectivity index (χ4n) is 1.78. The van der Waals surface area contributed by atoms with Gasteiger partial charge < -0.3 is 19.9 Å². The molecule has 0 saturated carbocycles. The summed E-state index contributed by atoms with van der Waals surface area (Å²) < 4.78 is 10.3. The summed E-state index contributed by atoms with van der Waals surface area (Å²) in [5.74, 6) is -0.652. The number of nitrogens with one attached hydrogen (secondary N) is 1. The lowest BCUT2D eigenvalue weighted by atomic mass is 10.2. The Balaban J connectivity index is 1.94. The average molecular weight is 301 g/mol. The molecular formula is C16H15NO5. The minimum atomic E-state index is -1.11. The fourth-order valence-corrected chi connectivity index (χ4v) is 1.78. The number of rotatable bonds is 6. The lowest BCUT2D eigenvalue weighted by Crippen LogP contribution is -2.20. The predicted octanol–water partition coefficient (Wildman–Crippen LogP) is 2.41. The van der Waals surface area contributed by atoms with Crippen LogP contribution >= 0.6 is 0 Å². The number of para-hydroxylation sites is 1. The summed E-state index contributed by atoms with van der Waals surface area (Å²) in [7, 11) is 1.56. The number of aromatic carboxylic acids is 1. The average Bonchev–Trinajstić information content (AvgIpc) is 2.54. The molecule has 2 rings (SSSR count). The molecule has 2 aromatic carbocycles. The molecule has 0 radical (unpaired) electrons. The molecule has 0 saturated heterocycles. The highest BCUT2D eigenvalue weighted by atomic mass is 16.5. The molecule has 2 N–H and O–H groups in total. The van der Waals surface area contributed by atoms with E-state index in [4.69, 9.17) is 14.6 Å². The van der Waals surface area contributed by atoms with Gasteiger partial charge in [-0.1, -0.05) is 12.1 Å². The van der Waals surface area contributed by atoms with Crippen molar-refractivity contribution < 1.29 is 24.2 Å². The first kappa shape index (κ1) is 15.4. The minimum absolute atomic E-state index is 0.0137. The number of hydrogen-bond donors (Lipinski definition) is 2. The van der Waals surface area contributed by atoms with Gasteiger partial charge in [-0.05, 0) is 36.4 Å². The zero-order valence-corrected chi connectivity index (χ0v) is 11.9. The summed E-state index contributed by atoms with van der Waals surface area (Å²) in [6, 6.07) is 13.0. The standard InChI is InChI=1S/C16H15NO5/c1-21-12-8-6-11(7-9-12)17-15(18)10-22-14-5-3-2-4-13(14)16(19)20/h2-9H,10H2,1H3,(H,17,18)(H,19,20). The number of anilines is 1. The maximum absolute atomic E-state index is 11.8. The maximum atomic E-state index is 11.8. The third-order valence-electron chi connectivity index (χ3n) is 2.85. The monoisotopic (exact) mass is 301 g/mol. The van der Waals surface area contributed by atoms with Gasteiger partial charge in [-0.15, -0.1) is 0 Å². The molecule has 1 amide bonds. The number of hydrogen-bond acceptors (Lipinski definition) is 4. The van der Waals surface area contributed by atoms with Crippen LogP contribution in [0.2, 0.25) is 0 Å². The van der Waals surface area contributed by atoms with Gasteiger partial charge in [-0.25, -0.2) is 4.79 Å². The molecule has 0 aromatic heterocycles. The second-order valence-corrected chi connectivity index (χ2v) is 4.37. The van der Waals surface area contributed by atoms with Crippen molar-refractivity contribution in [3.05, 3.63) is 54.1 Å². The van der Waals surface area contributed by atoms with Crippen LogP contribution in [0, 0.1) is 0 Å². The van der Waals surface area contributed by atoms with Gasteiger partial charge in [0, 0.05) is 5.69 Å². The van der Waals surface area contributed by atoms with E-state index >= 15 is 0 Å². The highest BCUT2D eigenvalue weighted by Crippen LogP contribution is 2.18. The first-order valence-electron chi connectivity index (χ1n) is 6.49. The SMILES string of the molecule is COc1ccc(NC(=O)COc2ccccc2C(=O)O)cc1. The van der Waals surface area contributed by atoms with Crippen LogP contribution in [0.15, 0.2) is 48.5 Å². The lowest BCUT2D eigenvalue weighted by Gasteiger charge is -2.09. The Morgan fingerprint density at radius 3 is 2.41 bits per heavy atom. The smallest absolute Gasteiger partial charge is 0.339 e. The summed E-state index contributed by atoms with van der Waals surface area (Å²) in [6.45, 7) is -0.281. The van der Waals surface area contributed by atoms with E-state index < -0.39 is 5.97 Å². The summed E-state index contributed by atoms with van der Waals surface area (Å²) >= 11 is 0. The number of carboxylic acids is 1. The van der Waals surface area contributed by atoms with Crippen molar-refractivity contribution >= 4 is 17.6 Å². The number of carbonyl (C=O) groups is 2. The molecule has 0 atom stereocenters. The van der Waals surface area contributed by atoms with E-state index in [0.717, 1.165) is 0 Å². The van der Waals surface area contributed by atoms with Gasteiger partial charge in [0.05, 0.1) is 7.11 Å². The predicted molar refractivity (Wildman–Crippen MR) is 80.5 cm³/mol. The van der Waals surface area contributed by atoms with Crippen LogP contribution < -0.4 is 14.8 Å². The molecule has 0 aliphatic carbocycles. The van der Waals surface area contributed by atoms with Crippen LogP contribution in [0.25, 0.3) is 0 Å². The molecule has 0 bridgehead atoms. The van der Waals surface area contributed by atoms with Gasteiger partial charge in [-0.2, -0.15) is 0 Å². The molecular weight excluding hydrogens is 286 g/mol. The van der Waals surface area contributed by atoms with Crippen molar-refractivity contribution in [2.45, 2.75) is 0 Å². The van der Waals surface area contributed by atoms with Gasteiger partial charge in [0.2, 0.25) is 0 Å². The van der Waals surface area contributed by atoms with Crippen molar-refractivity contribution in [1.29, 1.82) is 0 Å². The summed E-state index contributed by atoms with van der Waals surface area (Å²) in [5, 5.41) is 11.7. The normalized spacial score (nSPS) is 9.86. The van der Waals surface area contributed by atoms with E-state index in [-0.39, 0.29) is 23.8 Å². The number of methoxy groups -OCH3 is 1. The van der Waals surface area contributed by atoms with Gasteiger partial charge in [-0.3, -0.25) is 4.79 Å². The number of carboxylic acid groups (broad SMARTS) is 1. The van der Waals surface area contributed by atoms with E-state index in [1.54, 1.807) is 43.5 Å². The second-order valence-electron chi connectivity index (χ2n) is 4.37. The van der Waals surface area contributed by atoms with Crippen LogP contribution in [0.4, 0.5) is 5.69 Å². The van der Waals surface area contributed by atoms with E-state index in [1.807, 2.05) is 0 Å². The molecule has 0 heterocycles. The van der Waals surface area contributed by atoms with E-state index in [9.17, 15) is 9.59 Å². The molecule has 0 aliphatic heterocycles. The van der Waals surface area contributed by atoms with Crippen molar-refractivity contribution in [3.8, 4) is 11.5 Å². The Labute approximate surface area is 127 Å². The molecule has 22 heavy (non-hydrogen) atoms. The molecule has 0 aliphatic rings. The topological polar surface area (TPSA) is 84.9 Å². The zero-order chi connectivity index (χ0) is 15.9. The summed E-state index contributed by atoms with van der Waals surface area (Å²) in [5.41, 5.74) is 0.612. The molecule has 0 fully saturated rings. The van der Waals surface area contributed by atoms with Crippen LogP contribution in [0.3, 0.4) is 0 Å². The Kier molecular flexibility index (Phi) is 4.98. The van der Waals surface area contributed by atoms with Gasteiger partial charge in [0.1, 0.15) is 17.1 Å². The Hall–Kier alpha value is -3.02. The second kappa shape index (κ2) is 7.12. The van der Waals surface area contributed by atoms with E-state index in [0.29, 0.717) is 11.4 Å². The first-order valence-corrected chi connectivity index (χ1v) is 6.49. The molecule has 6 heteroatoms. The zero-order valence-electron chi connectivity index (χ0n) is 11.9. The molecule has 0 unspecified atom stereocenters. The van der Waals surface area contributed by atoms with E-state index in [2.05, 4.69) is 5.32 Å². The quantitative estimate of drug-likeness (QED) is 0.856. The van der Waals surface area contributed by atoms with Crippen molar-refractivity contribution in [2.24, 2.45) is 0 Å². The van der Waals surface area contributed by atoms with Gasteiger partial charge in [0.25, 0.3) is 5.91 Å². The number of ether oxygens (including phenoxy) is 2. The van der Waals surface area contributed by atoms with Crippen molar-refractivity contribution in [3.63, 3.8) is 0 Å². The van der Waals surface area contributed by atoms with Crippen LogP contribution in [0.5, 0.6) is 11.5 Å². The molecule has 114 valence electrons. The molecule has 0 spiro atoms. The van der Waals surface area contributed by atoms with Crippen LogP contribution in [-0.4, -0.2) is 30.7 Å². The number of benzene rings is 2. The number of carbonyl (C=O) groups excluding carboxylic acids is 1. The van der Waals surface area contributed by atoms with Crippen LogP contribution in [-0.2, 0) is 4.79 Å². The van der Waals surface area contributed by atoms with Crippen molar-refractivity contribution in [1.82, 2.24) is 0 Å². The largest absolute Gasteiger partial charge is 0.497 e. The van der Waals surface area contributed by atoms with Gasteiger partial charge >= 0.3 is 5.97 Å². The maximum Gasteiger partial charge on any atom is 0.339 e. The van der Waals surface area contributed by atoms with E-state index in [1.165, 1.54) is 12.1 Å². The highest BCUT2D eigenvalue weighted by molar-refractivity contribution is 5.93. The highest BCUT2D eigenvalue weighted by Gasteiger charge is 2.11. The Bertz CT molecular complexity index is 666. The Morgan fingerprint density at radius 1 is 1.09 bits per heavy atom. The summed E-state index contributed by atoms with van der Waals surface area (Å²) in [6.07, 6.45) is 0. The third kappa shape index (κ3) is 3.99. The Morgan fingerprint density at radius 2 is 1.77 bits per heavy atom. The molecule has 2 aromatic rings. The lowest BCUT2D eigenvalue weighted by molar-refractivity contribution is -0.118. The van der Waals surface area contributed by atoms with Crippen molar-refractivity contribution in [2.75, 3.05) is 19.0 Å². The third-order valence-corrected chi connectivity index (χ3v) is 2.85. The fraction of sp³-hybridized carbons (Fsp3) is 0.125. The number of amides is 1. The first-order chi connectivity index (χ1) is 10.6. The summed E-state index contributed by atoms with van der Waals surface area (Å²) in [4.78, 5) is 22.8.